The number of sulfonamides is 1. The third-order valence-corrected chi connectivity index (χ3v) is 6.93. The Labute approximate surface area is 208 Å². The Kier molecular flexibility index (Phi) is 10.7. The van der Waals surface area contributed by atoms with E-state index < -0.39 is 34.3 Å². The van der Waals surface area contributed by atoms with Crippen molar-refractivity contribution in [2.24, 2.45) is 0 Å². The Morgan fingerprint density at radius 2 is 1.57 bits per heavy atom. The number of aryl methyl sites for hydroxylation is 1. The third-order valence-electron chi connectivity index (χ3n) is 5.79. The Bertz CT molecular complexity index is 1070. The molecule has 2 rings (SSSR count). The summed E-state index contributed by atoms with van der Waals surface area (Å²) in [5.74, 6) is -1.22. The van der Waals surface area contributed by atoms with Gasteiger partial charge in [-0.3, -0.25) is 13.9 Å². The summed E-state index contributed by atoms with van der Waals surface area (Å²) in [5, 5.41) is 2.87. The van der Waals surface area contributed by atoms with Gasteiger partial charge in [-0.05, 0) is 54.7 Å². The predicted octanol–water partition coefficient (Wildman–Crippen LogP) is 3.88. The fourth-order valence-corrected chi connectivity index (χ4v) is 4.57. The molecule has 9 heteroatoms. The number of hydrogen-bond acceptors (Lipinski definition) is 4. The van der Waals surface area contributed by atoms with E-state index in [1.165, 1.54) is 17.0 Å². The van der Waals surface area contributed by atoms with Crippen molar-refractivity contribution < 1.29 is 22.4 Å². The molecule has 1 atom stereocenters. The Hall–Kier alpha value is -2.94. The summed E-state index contributed by atoms with van der Waals surface area (Å²) in [6, 6.07) is 11.9. The van der Waals surface area contributed by atoms with Gasteiger partial charge < -0.3 is 10.2 Å². The molecule has 2 aromatic rings. The molecule has 1 N–H and O–H groups in total. The van der Waals surface area contributed by atoms with Gasteiger partial charge in [0.25, 0.3) is 0 Å². The van der Waals surface area contributed by atoms with E-state index >= 15 is 0 Å². The van der Waals surface area contributed by atoms with Crippen LogP contribution in [0.1, 0.15) is 51.2 Å². The summed E-state index contributed by atoms with van der Waals surface area (Å²) in [6.45, 7) is 5.89. The quantitative estimate of drug-likeness (QED) is 0.419. The minimum atomic E-state index is -3.78. The highest BCUT2D eigenvalue weighted by Crippen LogP contribution is 2.21. The molecule has 0 saturated heterocycles. The van der Waals surface area contributed by atoms with E-state index in [1.54, 1.807) is 31.2 Å². The average molecular weight is 506 g/mol. The molecule has 0 aliphatic carbocycles. The molecule has 0 aromatic heterocycles. The number of halogens is 1. The summed E-state index contributed by atoms with van der Waals surface area (Å²) in [7, 11) is -3.78. The fourth-order valence-electron chi connectivity index (χ4n) is 3.72. The highest BCUT2D eigenvalue weighted by molar-refractivity contribution is 7.92. The minimum Gasteiger partial charge on any atom is -0.354 e. The molecule has 2 aromatic carbocycles. The van der Waals surface area contributed by atoms with E-state index in [1.807, 2.05) is 26.0 Å². The van der Waals surface area contributed by atoms with Crippen LogP contribution in [0.5, 0.6) is 0 Å². The lowest BCUT2D eigenvalue weighted by atomic mass is 10.1. The van der Waals surface area contributed by atoms with Crippen molar-refractivity contribution in [1.29, 1.82) is 0 Å². The van der Waals surface area contributed by atoms with E-state index in [0.717, 1.165) is 35.4 Å². The van der Waals surface area contributed by atoms with Crippen molar-refractivity contribution >= 4 is 27.5 Å². The van der Waals surface area contributed by atoms with Crippen LogP contribution in [0.2, 0.25) is 0 Å². The average Bonchev–Trinajstić information content (AvgIpc) is 2.83. The second-order valence-electron chi connectivity index (χ2n) is 8.51. The van der Waals surface area contributed by atoms with E-state index in [9.17, 15) is 22.4 Å². The maximum Gasteiger partial charge on any atom is 0.244 e. The molecule has 0 aliphatic heterocycles. The lowest BCUT2D eigenvalue weighted by molar-refractivity contribution is -0.140. The zero-order valence-electron chi connectivity index (χ0n) is 21.0. The van der Waals surface area contributed by atoms with Crippen LogP contribution in [-0.4, -0.2) is 50.5 Å². The molecule has 0 bridgehead atoms. The van der Waals surface area contributed by atoms with Crippen molar-refractivity contribution in [2.45, 2.75) is 59.0 Å². The summed E-state index contributed by atoms with van der Waals surface area (Å²) < 4.78 is 39.7. The van der Waals surface area contributed by atoms with Crippen LogP contribution < -0.4 is 9.62 Å². The lowest BCUT2D eigenvalue weighted by Gasteiger charge is -2.33. The van der Waals surface area contributed by atoms with E-state index in [-0.39, 0.29) is 12.5 Å². The van der Waals surface area contributed by atoms with Gasteiger partial charge in [-0.15, -0.1) is 0 Å². The number of anilines is 1. The second-order valence-corrected chi connectivity index (χ2v) is 10.4. The number of unbranched alkanes of at least 4 members (excludes halogenated alkanes) is 1. The number of amides is 2. The standard InChI is InChI=1S/C26H36FN3O4S/c1-5-8-17-28-26(32)24(7-3)29(18-21-9-13-22(27)14-10-21)25(31)19-30(35(4,33)34)23-15-11-20(6-2)12-16-23/h9-16,24H,5-8,17-19H2,1-4H3,(H,28,32)/t24-/m1/s1. The van der Waals surface area contributed by atoms with Crippen LogP contribution in [-0.2, 0) is 32.6 Å². The molecule has 7 nitrogen and oxygen atoms in total. The first-order chi connectivity index (χ1) is 16.6. The number of benzene rings is 2. The molecular formula is C26H36FN3O4S. The van der Waals surface area contributed by atoms with E-state index in [0.29, 0.717) is 24.2 Å². The zero-order chi connectivity index (χ0) is 26.0. The van der Waals surface area contributed by atoms with Gasteiger partial charge in [0.1, 0.15) is 18.4 Å². The second kappa shape index (κ2) is 13.2. The number of carbonyl (C=O) groups is 2. The number of nitrogens with zero attached hydrogens (tertiary/aromatic N) is 2. The minimum absolute atomic E-state index is 0.0468. The van der Waals surface area contributed by atoms with Gasteiger partial charge in [0.05, 0.1) is 11.9 Å². The summed E-state index contributed by atoms with van der Waals surface area (Å²) in [4.78, 5) is 27.9. The first-order valence-electron chi connectivity index (χ1n) is 12.0. The van der Waals surface area contributed by atoms with E-state index in [4.69, 9.17) is 0 Å². The molecule has 0 heterocycles. The largest absolute Gasteiger partial charge is 0.354 e. The molecule has 0 saturated carbocycles. The molecular weight excluding hydrogens is 469 g/mol. The molecule has 35 heavy (non-hydrogen) atoms. The molecule has 192 valence electrons. The molecule has 0 fully saturated rings. The first-order valence-corrected chi connectivity index (χ1v) is 13.8. The third kappa shape index (κ3) is 8.35. The van der Waals surface area contributed by atoms with Crippen molar-refractivity contribution in [3.05, 3.63) is 65.5 Å². The summed E-state index contributed by atoms with van der Waals surface area (Å²) in [6.07, 6.45) is 3.91. The van der Waals surface area contributed by atoms with Crippen molar-refractivity contribution in [3.63, 3.8) is 0 Å². The van der Waals surface area contributed by atoms with Crippen LogP contribution in [0, 0.1) is 5.82 Å². The van der Waals surface area contributed by atoms with Gasteiger partial charge in [0, 0.05) is 13.1 Å². The van der Waals surface area contributed by atoms with Gasteiger partial charge in [0.15, 0.2) is 0 Å². The Balaban J connectivity index is 2.38. The Morgan fingerprint density at radius 1 is 0.971 bits per heavy atom. The van der Waals surface area contributed by atoms with Crippen molar-refractivity contribution in [2.75, 3.05) is 23.7 Å². The van der Waals surface area contributed by atoms with Crippen LogP contribution in [0.25, 0.3) is 0 Å². The van der Waals surface area contributed by atoms with Crippen LogP contribution in [0.15, 0.2) is 48.5 Å². The van der Waals surface area contributed by atoms with Gasteiger partial charge in [-0.1, -0.05) is 51.5 Å². The molecule has 0 radical (unpaired) electrons. The van der Waals surface area contributed by atoms with Gasteiger partial charge >= 0.3 is 0 Å². The maximum absolute atomic E-state index is 13.6. The maximum atomic E-state index is 13.6. The highest BCUT2D eigenvalue weighted by atomic mass is 32.2. The van der Waals surface area contributed by atoms with Gasteiger partial charge in [-0.2, -0.15) is 0 Å². The normalized spacial score (nSPS) is 12.1. The highest BCUT2D eigenvalue weighted by Gasteiger charge is 2.31. The number of nitrogens with one attached hydrogen (secondary N) is 1. The van der Waals surface area contributed by atoms with Crippen LogP contribution >= 0.6 is 0 Å². The number of carbonyl (C=O) groups excluding carboxylic acids is 2. The van der Waals surface area contributed by atoms with Crippen molar-refractivity contribution in [3.8, 4) is 0 Å². The monoisotopic (exact) mass is 505 g/mol. The lowest BCUT2D eigenvalue weighted by Crippen LogP contribution is -2.52. The first kappa shape index (κ1) is 28.3. The number of hydrogen-bond donors (Lipinski definition) is 1. The molecule has 0 unspecified atom stereocenters. The van der Waals surface area contributed by atoms with Crippen LogP contribution in [0.3, 0.4) is 0 Å². The molecule has 0 spiro atoms. The zero-order valence-corrected chi connectivity index (χ0v) is 21.8. The van der Waals surface area contributed by atoms with E-state index in [2.05, 4.69) is 5.32 Å². The molecule has 0 aliphatic rings. The summed E-state index contributed by atoms with van der Waals surface area (Å²) in [5.41, 5.74) is 2.05. The van der Waals surface area contributed by atoms with Gasteiger partial charge in [-0.25, -0.2) is 12.8 Å². The molecule has 2 amide bonds. The summed E-state index contributed by atoms with van der Waals surface area (Å²) >= 11 is 0. The van der Waals surface area contributed by atoms with Gasteiger partial charge in [0.2, 0.25) is 21.8 Å². The topological polar surface area (TPSA) is 86.8 Å². The van der Waals surface area contributed by atoms with Crippen molar-refractivity contribution in [1.82, 2.24) is 10.2 Å². The predicted molar refractivity (Wildman–Crippen MR) is 137 cm³/mol. The Morgan fingerprint density at radius 3 is 2.09 bits per heavy atom. The SMILES string of the molecule is CCCCNC(=O)[C@@H](CC)N(Cc1ccc(F)cc1)C(=O)CN(c1ccc(CC)cc1)S(C)(=O)=O. The fraction of sp³-hybridized carbons (Fsp3) is 0.462. The smallest absolute Gasteiger partial charge is 0.244 e. The van der Waals surface area contributed by atoms with Crippen LogP contribution in [0.4, 0.5) is 10.1 Å². The number of rotatable bonds is 13.